The molecule has 1 heterocycles. The van der Waals surface area contributed by atoms with Gasteiger partial charge in [0.15, 0.2) is 5.75 Å². The number of nitrogens with zero attached hydrogens (tertiary/aromatic N) is 2. The molecule has 0 amide bonds. The third-order valence-electron chi connectivity index (χ3n) is 3.16. The fourth-order valence-corrected chi connectivity index (χ4v) is 2.34. The molecule has 7 heteroatoms. The van der Waals surface area contributed by atoms with Crippen LogP contribution in [0.25, 0.3) is 0 Å². The maximum atomic E-state index is 14.0. The molecule has 0 spiro atoms. The summed E-state index contributed by atoms with van der Waals surface area (Å²) >= 11 is 5.79. The summed E-state index contributed by atoms with van der Waals surface area (Å²) in [4.78, 5) is 0. The number of aromatic nitrogens is 2. The predicted molar refractivity (Wildman–Crippen MR) is 74.9 cm³/mol. The molecule has 1 atom stereocenters. The van der Waals surface area contributed by atoms with E-state index in [9.17, 15) is 4.39 Å². The van der Waals surface area contributed by atoms with Gasteiger partial charge in [-0.2, -0.15) is 5.10 Å². The molecule has 0 radical (unpaired) electrons. The maximum Gasteiger partial charge on any atom is 0.161 e. The lowest BCUT2D eigenvalue weighted by atomic mass is 10.0. The Morgan fingerprint density at radius 3 is 2.95 bits per heavy atom. The molecule has 1 unspecified atom stereocenters. The SMILES string of the molecule is COc1cnn(C)c1C(Cc1cccc(Cl)c1F)NN. The van der Waals surface area contributed by atoms with Crippen LogP contribution in [-0.2, 0) is 13.5 Å². The number of halogens is 2. The molecule has 0 saturated carbocycles. The number of ether oxygens (including phenoxy) is 1. The highest BCUT2D eigenvalue weighted by molar-refractivity contribution is 6.30. The number of rotatable bonds is 5. The van der Waals surface area contributed by atoms with E-state index in [4.69, 9.17) is 22.2 Å². The molecule has 0 aliphatic rings. The van der Waals surface area contributed by atoms with Crippen LogP contribution >= 0.6 is 11.6 Å². The smallest absolute Gasteiger partial charge is 0.161 e. The van der Waals surface area contributed by atoms with Crippen molar-refractivity contribution in [2.75, 3.05) is 7.11 Å². The van der Waals surface area contributed by atoms with Gasteiger partial charge in [-0.05, 0) is 18.1 Å². The van der Waals surface area contributed by atoms with E-state index >= 15 is 0 Å². The normalized spacial score (nSPS) is 12.4. The van der Waals surface area contributed by atoms with Crippen LogP contribution in [0.2, 0.25) is 5.02 Å². The van der Waals surface area contributed by atoms with Crippen LogP contribution in [0.4, 0.5) is 4.39 Å². The van der Waals surface area contributed by atoms with Gasteiger partial charge in [-0.1, -0.05) is 23.7 Å². The third-order valence-corrected chi connectivity index (χ3v) is 3.45. The molecule has 0 aliphatic heterocycles. The summed E-state index contributed by atoms with van der Waals surface area (Å²) in [5, 5.41) is 4.21. The summed E-state index contributed by atoms with van der Waals surface area (Å²) in [7, 11) is 3.32. The Balaban J connectivity index is 2.34. The van der Waals surface area contributed by atoms with Crippen LogP contribution < -0.4 is 16.0 Å². The number of hydrazine groups is 1. The zero-order valence-corrected chi connectivity index (χ0v) is 12.0. The van der Waals surface area contributed by atoms with E-state index < -0.39 is 5.82 Å². The number of nitrogens with one attached hydrogen (secondary N) is 1. The molecule has 0 aliphatic carbocycles. The van der Waals surface area contributed by atoms with Crippen molar-refractivity contribution in [1.82, 2.24) is 15.2 Å². The molecule has 0 saturated heterocycles. The van der Waals surface area contributed by atoms with Gasteiger partial charge in [0.2, 0.25) is 0 Å². The Hall–Kier alpha value is -1.63. The van der Waals surface area contributed by atoms with Crippen molar-refractivity contribution in [3.63, 3.8) is 0 Å². The molecular weight excluding hydrogens is 283 g/mol. The monoisotopic (exact) mass is 298 g/mol. The fraction of sp³-hybridized carbons (Fsp3) is 0.308. The van der Waals surface area contributed by atoms with E-state index in [2.05, 4.69) is 10.5 Å². The van der Waals surface area contributed by atoms with Crippen molar-refractivity contribution in [2.24, 2.45) is 12.9 Å². The van der Waals surface area contributed by atoms with Gasteiger partial charge in [0.25, 0.3) is 0 Å². The molecular formula is C13H16ClFN4O. The summed E-state index contributed by atoms with van der Waals surface area (Å²) < 4.78 is 20.9. The summed E-state index contributed by atoms with van der Waals surface area (Å²) in [5.74, 6) is 5.75. The molecule has 20 heavy (non-hydrogen) atoms. The largest absolute Gasteiger partial charge is 0.493 e. The number of hydrogen-bond donors (Lipinski definition) is 2. The number of hydrogen-bond acceptors (Lipinski definition) is 4. The second-order valence-corrected chi connectivity index (χ2v) is 4.77. The van der Waals surface area contributed by atoms with Crippen molar-refractivity contribution in [3.05, 3.63) is 46.5 Å². The minimum Gasteiger partial charge on any atom is -0.493 e. The lowest BCUT2D eigenvalue weighted by Gasteiger charge is -2.18. The molecule has 3 N–H and O–H groups in total. The van der Waals surface area contributed by atoms with Crippen molar-refractivity contribution in [3.8, 4) is 5.75 Å². The highest BCUT2D eigenvalue weighted by Gasteiger charge is 2.21. The minimum absolute atomic E-state index is 0.0928. The van der Waals surface area contributed by atoms with E-state index in [1.54, 1.807) is 37.2 Å². The minimum atomic E-state index is -0.435. The van der Waals surface area contributed by atoms with Gasteiger partial charge in [0.05, 0.1) is 30.1 Å². The van der Waals surface area contributed by atoms with Gasteiger partial charge >= 0.3 is 0 Å². The Morgan fingerprint density at radius 2 is 2.30 bits per heavy atom. The second kappa shape index (κ2) is 6.21. The first kappa shape index (κ1) is 14.8. The van der Waals surface area contributed by atoms with E-state index in [1.165, 1.54) is 6.07 Å². The topological polar surface area (TPSA) is 65.1 Å². The number of methoxy groups -OCH3 is 1. The van der Waals surface area contributed by atoms with Crippen LogP contribution in [0.15, 0.2) is 24.4 Å². The molecule has 5 nitrogen and oxygen atoms in total. The van der Waals surface area contributed by atoms with Gasteiger partial charge in [0.1, 0.15) is 5.82 Å². The maximum absolute atomic E-state index is 14.0. The van der Waals surface area contributed by atoms with Crippen LogP contribution in [0.1, 0.15) is 17.3 Å². The van der Waals surface area contributed by atoms with Crippen LogP contribution in [-0.4, -0.2) is 16.9 Å². The first-order chi connectivity index (χ1) is 9.58. The van der Waals surface area contributed by atoms with Crippen molar-refractivity contribution in [2.45, 2.75) is 12.5 Å². The first-order valence-corrected chi connectivity index (χ1v) is 6.41. The average Bonchev–Trinajstić information content (AvgIpc) is 2.82. The molecule has 2 aromatic rings. The number of benzene rings is 1. The van der Waals surface area contributed by atoms with Gasteiger partial charge in [-0.25, -0.2) is 4.39 Å². The molecule has 1 aromatic heterocycles. The fourth-order valence-electron chi connectivity index (χ4n) is 2.14. The summed E-state index contributed by atoms with van der Waals surface area (Å²) in [6, 6.07) is 4.55. The Morgan fingerprint density at radius 1 is 1.55 bits per heavy atom. The molecule has 1 aromatic carbocycles. The second-order valence-electron chi connectivity index (χ2n) is 4.36. The quantitative estimate of drug-likeness (QED) is 0.654. The molecule has 0 bridgehead atoms. The van der Waals surface area contributed by atoms with E-state index in [1.807, 2.05) is 0 Å². The number of aryl methyl sites for hydroxylation is 1. The molecule has 108 valence electrons. The zero-order valence-electron chi connectivity index (χ0n) is 11.2. The first-order valence-electron chi connectivity index (χ1n) is 6.03. The number of nitrogens with two attached hydrogens (primary N) is 1. The van der Waals surface area contributed by atoms with E-state index in [0.29, 0.717) is 17.7 Å². The van der Waals surface area contributed by atoms with Crippen LogP contribution in [0.5, 0.6) is 5.75 Å². The van der Waals surface area contributed by atoms with Crippen molar-refractivity contribution >= 4 is 11.6 Å². The Kier molecular flexibility index (Phi) is 4.59. The zero-order chi connectivity index (χ0) is 14.7. The Labute approximate surface area is 121 Å². The summed E-state index contributed by atoms with van der Waals surface area (Å²) in [5.41, 5.74) is 3.89. The summed E-state index contributed by atoms with van der Waals surface area (Å²) in [6.45, 7) is 0. The summed E-state index contributed by atoms with van der Waals surface area (Å²) in [6.07, 6.45) is 1.92. The molecule has 0 fully saturated rings. The van der Waals surface area contributed by atoms with E-state index in [-0.39, 0.29) is 11.1 Å². The standard InChI is InChI=1S/C13H16ClFN4O/c1-19-13(11(20-2)7-17-19)10(18-16)6-8-4-3-5-9(14)12(8)15/h3-5,7,10,18H,6,16H2,1-2H3. The van der Waals surface area contributed by atoms with Crippen molar-refractivity contribution < 1.29 is 9.13 Å². The molecule has 2 rings (SSSR count). The average molecular weight is 299 g/mol. The van der Waals surface area contributed by atoms with Gasteiger partial charge in [0, 0.05) is 7.05 Å². The highest BCUT2D eigenvalue weighted by atomic mass is 35.5. The predicted octanol–water partition coefficient (Wildman–Crippen LogP) is 1.97. The highest BCUT2D eigenvalue weighted by Crippen LogP contribution is 2.28. The van der Waals surface area contributed by atoms with Gasteiger partial charge < -0.3 is 4.74 Å². The van der Waals surface area contributed by atoms with Crippen LogP contribution in [0, 0.1) is 5.82 Å². The lowest BCUT2D eigenvalue weighted by Crippen LogP contribution is -2.31. The van der Waals surface area contributed by atoms with Crippen LogP contribution in [0.3, 0.4) is 0 Å². The third kappa shape index (κ3) is 2.77. The van der Waals surface area contributed by atoms with Gasteiger partial charge in [-0.3, -0.25) is 16.0 Å². The van der Waals surface area contributed by atoms with Crippen molar-refractivity contribution in [1.29, 1.82) is 0 Å². The lowest BCUT2D eigenvalue weighted by molar-refractivity contribution is 0.393. The van der Waals surface area contributed by atoms with Gasteiger partial charge in [-0.15, -0.1) is 0 Å². The Bertz CT molecular complexity index is 602. The van der Waals surface area contributed by atoms with E-state index in [0.717, 1.165) is 5.69 Å².